The molecule has 0 aliphatic heterocycles. The smallest absolute Gasteiger partial charge is 0.227 e. The van der Waals surface area contributed by atoms with Crippen LogP contribution in [0.25, 0.3) is 0 Å². The lowest BCUT2D eigenvalue weighted by molar-refractivity contribution is -0.116. The molecule has 0 aliphatic carbocycles. The molecule has 7 heteroatoms. The van der Waals surface area contributed by atoms with Gasteiger partial charge in [0.15, 0.2) is 5.82 Å². The molecular formula is C12H17N5O2. The minimum atomic E-state index is -0.109. The molecule has 0 bridgehead atoms. The topological polar surface area (TPSA) is 96.7 Å². The largest absolute Gasteiger partial charge is 0.339 e. The van der Waals surface area contributed by atoms with E-state index < -0.39 is 0 Å². The van der Waals surface area contributed by atoms with Crippen LogP contribution < -0.4 is 5.32 Å². The minimum absolute atomic E-state index is 0.109. The molecule has 0 radical (unpaired) electrons. The van der Waals surface area contributed by atoms with Crippen LogP contribution in [-0.4, -0.2) is 26.2 Å². The van der Waals surface area contributed by atoms with Crippen molar-refractivity contribution in [2.75, 3.05) is 5.32 Å². The van der Waals surface area contributed by atoms with Crippen LogP contribution in [0.4, 0.5) is 5.82 Å². The Morgan fingerprint density at radius 3 is 3.00 bits per heavy atom. The molecule has 1 amide bonds. The van der Waals surface area contributed by atoms with Crippen molar-refractivity contribution in [2.24, 2.45) is 0 Å². The summed E-state index contributed by atoms with van der Waals surface area (Å²) >= 11 is 0. The standard InChI is InChI=1S/C12H17N5O2/c1-3-4-9-14-11(19-17-9)6-5-10(18)15-12-8(2)7-13-16-12/h7H,3-6H2,1-2H3,(H2,13,15,16,18). The van der Waals surface area contributed by atoms with Crippen LogP contribution in [0.5, 0.6) is 0 Å². The monoisotopic (exact) mass is 263 g/mol. The van der Waals surface area contributed by atoms with E-state index in [-0.39, 0.29) is 5.91 Å². The average Bonchev–Trinajstić information content (AvgIpc) is 2.98. The second-order valence-corrected chi connectivity index (χ2v) is 4.33. The molecule has 2 aromatic rings. The number of hydrogen-bond donors (Lipinski definition) is 2. The molecule has 0 fully saturated rings. The minimum Gasteiger partial charge on any atom is -0.339 e. The molecule has 2 aromatic heterocycles. The Kier molecular flexibility index (Phi) is 4.27. The van der Waals surface area contributed by atoms with E-state index in [1.807, 2.05) is 6.92 Å². The zero-order valence-electron chi connectivity index (χ0n) is 11.1. The molecule has 7 nitrogen and oxygen atoms in total. The fourth-order valence-electron chi connectivity index (χ4n) is 1.61. The summed E-state index contributed by atoms with van der Waals surface area (Å²) in [7, 11) is 0. The number of amides is 1. The lowest BCUT2D eigenvalue weighted by Crippen LogP contribution is -2.13. The fourth-order valence-corrected chi connectivity index (χ4v) is 1.61. The number of carbonyl (C=O) groups excluding carboxylic acids is 1. The van der Waals surface area contributed by atoms with Crippen molar-refractivity contribution in [3.05, 3.63) is 23.5 Å². The zero-order chi connectivity index (χ0) is 13.7. The molecule has 0 saturated heterocycles. The lowest BCUT2D eigenvalue weighted by atomic mass is 10.3. The number of aromatic nitrogens is 4. The Balaban J connectivity index is 1.81. The zero-order valence-corrected chi connectivity index (χ0v) is 11.1. The van der Waals surface area contributed by atoms with E-state index in [1.54, 1.807) is 6.20 Å². The van der Waals surface area contributed by atoms with Crippen molar-refractivity contribution in [1.29, 1.82) is 0 Å². The Labute approximate surface area is 110 Å². The van der Waals surface area contributed by atoms with Gasteiger partial charge >= 0.3 is 0 Å². The van der Waals surface area contributed by atoms with Crippen LogP contribution in [0, 0.1) is 6.92 Å². The first-order chi connectivity index (χ1) is 9.19. The average molecular weight is 263 g/mol. The summed E-state index contributed by atoms with van der Waals surface area (Å²) in [5, 5.41) is 13.1. The summed E-state index contributed by atoms with van der Waals surface area (Å²) < 4.78 is 5.07. The van der Waals surface area contributed by atoms with Gasteiger partial charge in [-0.3, -0.25) is 9.89 Å². The van der Waals surface area contributed by atoms with E-state index in [4.69, 9.17) is 4.52 Å². The summed E-state index contributed by atoms with van der Waals surface area (Å²) in [6, 6.07) is 0. The Bertz CT molecular complexity index is 546. The molecule has 2 heterocycles. The molecule has 0 aliphatic rings. The molecule has 2 N–H and O–H groups in total. The van der Waals surface area contributed by atoms with Crippen molar-refractivity contribution in [2.45, 2.75) is 39.5 Å². The molecule has 19 heavy (non-hydrogen) atoms. The third-order valence-electron chi connectivity index (χ3n) is 2.64. The molecule has 0 spiro atoms. The van der Waals surface area contributed by atoms with Gasteiger partial charge in [0.2, 0.25) is 11.8 Å². The lowest BCUT2D eigenvalue weighted by Gasteiger charge is -2.01. The highest BCUT2D eigenvalue weighted by Gasteiger charge is 2.10. The molecule has 102 valence electrons. The number of aromatic amines is 1. The predicted molar refractivity (Wildman–Crippen MR) is 68.6 cm³/mol. The number of anilines is 1. The van der Waals surface area contributed by atoms with Gasteiger partial charge in [-0.1, -0.05) is 12.1 Å². The summed E-state index contributed by atoms with van der Waals surface area (Å²) in [4.78, 5) is 15.9. The van der Waals surface area contributed by atoms with Crippen LogP contribution in [0.2, 0.25) is 0 Å². The van der Waals surface area contributed by atoms with Gasteiger partial charge in [-0.25, -0.2) is 0 Å². The summed E-state index contributed by atoms with van der Waals surface area (Å²) in [5.74, 6) is 1.71. The van der Waals surface area contributed by atoms with Crippen LogP contribution in [0.1, 0.15) is 37.0 Å². The summed E-state index contributed by atoms with van der Waals surface area (Å²) in [6.45, 7) is 3.92. The Hall–Kier alpha value is -2.18. The van der Waals surface area contributed by atoms with Gasteiger partial charge in [-0.2, -0.15) is 10.1 Å². The SMILES string of the molecule is CCCc1noc(CCC(=O)Nc2[nH]ncc2C)n1. The van der Waals surface area contributed by atoms with Gasteiger partial charge in [0, 0.05) is 24.8 Å². The van der Waals surface area contributed by atoms with E-state index in [9.17, 15) is 4.79 Å². The maximum Gasteiger partial charge on any atom is 0.227 e. The van der Waals surface area contributed by atoms with Gasteiger partial charge in [-0.05, 0) is 13.3 Å². The van der Waals surface area contributed by atoms with Crippen LogP contribution >= 0.6 is 0 Å². The van der Waals surface area contributed by atoms with Crippen molar-refractivity contribution in [1.82, 2.24) is 20.3 Å². The second-order valence-electron chi connectivity index (χ2n) is 4.33. The summed E-state index contributed by atoms with van der Waals surface area (Å²) in [6.07, 6.45) is 4.16. The van der Waals surface area contributed by atoms with Gasteiger partial charge in [0.05, 0.1) is 6.20 Å². The van der Waals surface area contributed by atoms with Crippen molar-refractivity contribution < 1.29 is 9.32 Å². The Morgan fingerprint density at radius 2 is 2.32 bits per heavy atom. The maximum atomic E-state index is 11.7. The fraction of sp³-hybridized carbons (Fsp3) is 0.500. The molecular weight excluding hydrogens is 246 g/mol. The van der Waals surface area contributed by atoms with Crippen LogP contribution in [0.15, 0.2) is 10.7 Å². The maximum absolute atomic E-state index is 11.7. The highest BCUT2D eigenvalue weighted by molar-refractivity contribution is 5.90. The van der Waals surface area contributed by atoms with E-state index in [1.165, 1.54) is 0 Å². The van der Waals surface area contributed by atoms with E-state index >= 15 is 0 Å². The molecule has 0 saturated carbocycles. The number of nitrogens with zero attached hydrogens (tertiary/aromatic N) is 3. The van der Waals surface area contributed by atoms with Crippen molar-refractivity contribution in [3.8, 4) is 0 Å². The Morgan fingerprint density at radius 1 is 1.47 bits per heavy atom. The third kappa shape index (κ3) is 3.64. The first-order valence-electron chi connectivity index (χ1n) is 6.30. The quantitative estimate of drug-likeness (QED) is 0.825. The number of nitrogens with one attached hydrogen (secondary N) is 2. The van der Waals surface area contributed by atoms with E-state index in [2.05, 4.69) is 32.6 Å². The van der Waals surface area contributed by atoms with Crippen LogP contribution in [0.3, 0.4) is 0 Å². The number of aryl methyl sites for hydroxylation is 3. The second kappa shape index (κ2) is 6.12. The normalized spacial score (nSPS) is 10.6. The van der Waals surface area contributed by atoms with E-state index in [0.717, 1.165) is 18.4 Å². The highest BCUT2D eigenvalue weighted by atomic mass is 16.5. The van der Waals surface area contributed by atoms with Crippen molar-refractivity contribution in [3.63, 3.8) is 0 Å². The van der Waals surface area contributed by atoms with Crippen LogP contribution in [-0.2, 0) is 17.6 Å². The van der Waals surface area contributed by atoms with Gasteiger partial charge < -0.3 is 9.84 Å². The number of H-pyrrole nitrogens is 1. The van der Waals surface area contributed by atoms with E-state index in [0.29, 0.717) is 30.4 Å². The number of rotatable bonds is 6. The van der Waals surface area contributed by atoms with Crippen molar-refractivity contribution >= 4 is 11.7 Å². The first-order valence-corrected chi connectivity index (χ1v) is 6.30. The van der Waals surface area contributed by atoms with Gasteiger partial charge in [-0.15, -0.1) is 0 Å². The highest BCUT2D eigenvalue weighted by Crippen LogP contribution is 2.09. The third-order valence-corrected chi connectivity index (χ3v) is 2.64. The first kappa shape index (κ1) is 13.3. The van der Waals surface area contributed by atoms with Gasteiger partial charge in [0.1, 0.15) is 5.82 Å². The predicted octanol–water partition coefficient (Wildman–Crippen LogP) is 1.62. The molecule has 0 aromatic carbocycles. The molecule has 2 rings (SSSR count). The number of hydrogen-bond acceptors (Lipinski definition) is 5. The molecule has 0 atom stereocenters. The molecule has 0 unspecified atom stereocenters. The number of carbonyl (C=O) groups is 1. The summed E-state index contributed by atoms with van der Waals surface area (Å²) in [5.41, 5.74) is 0.899. The van der Waals surface area contributed by atoms with Gasteiger partial charge in [0.25, 0.3) is 0 Å².